The Bertz CT molecular complexity index is 623. The second-order valence-corrected chi connectivity index (χ2v) is 5.80. The van der Waals surface area contributed by atoms with Crippen LogP contribution in [0, 0.1) is 0 Å². The van der Waals surface area contributed by atoms with Crippen molar-refractivity contribution < 1.29 is 13.8 Å². The zero-order valence-corrected chi connectivity index (χ0v) is 14.1. The topological polar surface area (TPSA) is 113 Å². The molecule has 1 aliphatic rings. The van der Waals surface area contributed by atoms with E-state index >= 15 is 0 Å². The van der Waals surface area contributed by atoms with Crippen molar-refractivity contribution in [2.45, 2.75) is 57.1 Å². The van der Waals surface area contributed by atoms with E-state index in [2.05, 4.69) is 20.3 Å². The summed E-state index contributed by atoms with van der Waals surface area (Å²) in [5, 5.41) is 7.91. The van der Waals surface area contributed by atoms with Crippen LogP contribution in [0.1, 0.15) is 62.1 Å². The largest absolute Gasteiger partial charge is 0.374 e. The van der Waals surface area contributed by atoms with Gasteiger partial charge in [0.15, 0.2) is 11.6 Å². The summed E-state index contributed by atoms with van der Waals surface area (Å²) >= 11 is 0. The van der Waals surface area contributed by atoms with E-state index in [1.807, 2.05) is 6.92 Å². The van der Waals surface area contributed by atoms with Crippen molar-refractivity contribution in [3.05, 3.63) is 23.4 Å². The minimum absolute atomic E-state index is 0. The van der Waals surface area contributed by atoms with Gasteiger partial charge in [0.25, 0.3) is 0 Å². The Morgan fingerprint density at radius 3 is 2.39 bits per heavy atom. The predicted molar refractivity (Wildman–Crippen MR) is 83.0 cm³/mol. The number of nitrogens with two attached hydrogens (primary N) is 1. The van der Waals surface area contributed by atoms with Crippen LogP contribution in [0.5, 0.6) is 0 Å². The Balaban J connectivity index is 0.00000192. The second-order valence-electron chi connectivity index (χ2n) is 5.80. The van der Waals surface area contributed by atoms with E-state index in [9.17, 15) is 0 Å². The SMILES string of the molecule is COC(C)c1noc(CCc2nc(C3(N)CCCC3)no2)n1.Cl. The van der Waals surface area contributed by atoms with Crippen molar-refractivity contribution in [2.24, 2.45) is 5.73 Å². The molecule has 1 atom stereocenters. The lowest BCUT2D eigenvalue weighted by atomic mass is 9.99. The summed E-state index contributed by atoms with van der Waals surface area (Å²) in [6.45, 7) is 1.86. The number of hydrogen-bond donors (Lipinski definition) is 1. The summed E-state index contributed by atoms with van der Waals surface area (Å²) < 4.78 is 15.6. The summed E-state index contributed by atoms with van der Waals surface area (Å²) in [4.78, 5) is 8.70. The Labute approximate surface area is 140 Å². The van der Waals surface area contributed by atoms with E-state index in [4.69, 9.17) is 19.5 Å². The molecule has 1 aliphatic carbocycles. The third kappa shape index (κ3) is 3.88. The highest BCUT2D eigenvalue weighted by molar-refractivity contribution is 5.85. The minimum Gasteiger partial charge on any atom is -0.374 e. The van der Waals surface area contributed by atoms with Crippen molar-refractivity contribution in [2.75, 3.05) is 7.11 Å². The summed E-state index contributed by atoms with van der Waals surface area (Å²) in [6, 6.07) is 0. The molecule has 0 aromatic carbocycles. The Morgan fingerprint density at radius 2 is 1.74 bits per heavy atom. The number of nitrogens with zero attached hydrogens (tertiary/aromatic N) is 4. The van der Waals surface area contributed by atoms with Gasteiger partial charge in [-0.15, -0.1) is 12.4 Å². The standard InChI is InChI=1S/C14H21N5O3.ClH/c1-9(20-2)12-16-10(21-18-12)5-6-11-17-13(19-22-11)14(15)7-3-4-8-14;/h9H,3-8,15H2,1-2H3;1H. The molecule has 3 rings (SSSR count). The maximum Gasteiger partial charge on any atom is 0.227 e. The average molecular weight is 344 g/mol. The lowest BCUT2D eigenvalue weighted by molar-refractivity contribution is 0.109. The molecule has 0 radical (unpaired) electrons. The van der Waals surface area contributed by atoms with Crippen LogP contribution in [0.3, 0.4) is 0 Å². The summed E-state index contributed by atoms with van der Waals surface area (Å²) in [5.41, 5.74) is 5.89. The van der Waals surface area contributed by atoms with Gasteiger partial charge in [-0.3, -0.25) is 0 Å². The molecule has 9 heteroatoms. The minimum atomic E-state index is -0.423. The number of hydrogen-bond acceptors (Lipinski definition) is 8. The van der Waals surface area contributed by atoms with Crippen LogP contribution in [0.25, 0.3) is 0 Å². The van der Waals surface area contributed by atoms with Crippen LogP contribution in [0.4, 0.5) is 0 Å². The molecule has 23 heavy (non-hydrogen) atoms. The number of rotatable bonds is 6. The maximum atomic E-state index is 6.31. The van der Waals surface area contributed by atoms with Crippen molar-refractivity contribution in [3.63, 3.8) is 0 Å². The second kappa shape index (κ2) is 7.37. The van der Waals surface area contributed by atoms with E-state index in [0.29, 0.717) is 36.3 Å². The van der Waals surface area contributed by atoms with Crippen molar-refractivity contribution >= 4 is 12.4 Å². The average Bonchev–Trinajstić information content (AvgIpc) is 3.25. The third-order valence-corrected chi connectivity index (χ3v) is 4.16. The molecule has 2 N–H and O–H groups in total. The van der Waals surface area contributed by atoms with Crippen LogP contribution in [-0.2, 0) is 23.1 Å². The maximum absolute atomic E-state index is 6.31. The van der Waals surface area contributed by atoms with Crippen LogP contribution in [0.2, 0.25) is 0 Å². The van der Waals surface area contributed by atoms with Crippen molar-refractivity contribution in [3.8, 4) is 0 Å². The molecule has 1 unspecified atom stereocenters. The third-order valence-electron chi connectivity index (χ3n) is 4.16. The van der Waals surface area contributed by atoms with Gasteiger partial charge in [0.05, 0.1) is 5.54 Å². The van der Waals surface area contributed by atoms with Crippen LogP contribution in [0.15, 0.2) is 9.05 Å². The lowest BCUT2D eigenvalue weighted by Gasteiger charge is -2.17. The zero-order chi connectivity index (χ0) is 15.6. The first-order valence-electron chi connectivity index (χ1n) is 7.58. The van der Waals surface area contributed by atoms with Gasteiger partial charge in [-0.05, 0) is 19.8 Å². The first-order valence-corrected chi connectivity index (χ1v) is 7.58. The van der Waals surface area contributed by atoms with Crippen LogP contribution < -0.4 is 5.73 Å². The molecule has 2 heterocycles. The number of aromatic nitrogens is 4. The van der Waals surface area contributed by atoms with Gasteiger partial charge >= 0.3 is 0 Å². The highest BCUT2D eigenvalue weighted by Crippen LogP contribution is 2.34. The van der Waals surface area contributed by atoms with Gasteiger partial charge in [0.1, 0.15) is 6.10 Å². The van der Waals surface area contributed by atoms with Gasteiger partial charge in [-0.25, -0.2) is 0 Å². The Hall–Kier alpha value is -1.51. The molecule has 1 fully saturated rings. The van der Waals surface area contributed by atoms with E-state index in [1.165, 1.54) is 0 Å². The fraction of sp³-hybridized carbons (Fsp3) is 0.714. The van der Waals surface area contributed by atoms with Crippen molar-refractivity contribution in [1.82, 2.24) is 20.3 Å². The predicted octanol–water partition coefficient (Wildman–Crippen LogP) is 2.10. The summed E-state index contributed by atoms with van der Waals surface area (Å²) in [5.74, 6) is 2.23. The van der Waals surface area contributed by atoms with Gasteiger partial charge in [-0.1, -0.05) is 23.2 Å². The normalized spacial score (nSPS) is 17.9. The molecule has 2 aromatic heterocycles. The summed E-state index contributed by atoms with van der Waals surface area (Å²) in [6.07, 6.45) is 4.95. The Morgan fingerprint density at radius 1 is 1.13 bits per heavy atom. The smallest absolute Gasteiger partial charge is 0.227 e. The highest BCUT2D eigenvalue weighted by Gasteiger charge is 2.35. The fourth-order valence-electron chi connectivity index (χ4n) is 2.64. The van der Waals surface area contributed by atoms with E-state index in [1.54, 1.807) is 7.11 Å². The molecule has 0 aliphatic heterocycles. The van der Waals surface area contributed by atoms with Gasteiger partial charge in [0, 0.05) is 20.0 Å². The number of aryl methyl sites for hydroxylation is 2. The van der Waals surface area contributed by atoms with Crippen LogP contribution in [-0.4, -0.2) is 27.4 Å². The highest BCUT2D eigenvalue weighted by atomic mass is 35.5. The first-order chi connectivity index (χ1) is 10.6. The molecular formula is C14H22ClN5O3. The zero-order valence-electron chi connectivity index (χ0n) is 13.3. The lowest BCUT2D eigenvalue weighted by Crippen LogP contribution is -2.34. The molecule has 0 saturated heterocycles. The first kappa shape index (κ1) is 17.8. The molecule has 0 amide bonds. The monoisotopic (exact) mass is 343 g/mol. The fourth-order valence-corrected chi connectivity index (χ4v) is 2.64. The molecule has 1 saturated carbocycles. The molecule has 0 bridgehead atoms. The Kier molecular flexibility index (Phi) is 5.72. The van der Waals surface area contributed by atoms with Gasteiger partial charge in [0.2, 0.25) is 11.8 Å². The van der Waals surface area contributed by atoms with Gasteiger partial charge < -0.3 is 19.5 Å². The number of ether oxygens (including phenoxy) is 1. The van der Waals surface area contributed by atoms with Crippen molar-refractivity contribution in [1.29, 1.82) is 0 Å². The summed E-state index contributed by atoms with van der Waals surface area (Å²) in [7, 11) is 1.60. The van der Waals surface area contributed by atoms with E-state index < -0.39 is 5.54 Å². The molecule has 8 nitrogen and oxygen atoms in total. The number of methoxy groups -OCH3 is 1. The number of halogens is 1. The molecule has 2 aromatic rings. The van der Waals surface area contributed by atoms with E-state index in [0.717, 1.165) is 25.7 Å². The van der Waals surface area contributed by atoms with E-state index in [-0.39, 0.29) is 18.5 Å². The molecule has 0 spiro atoms. The quantitative estimate of drug-likeness (QED) is 0.848. The molecular weight excluding hydrogens is 322 g/mol. The van der Waals surface area contributed by atoms with Crippen LogP contribution >= 0.6 is 12.4 Å². The molecule has 128 valence electrons. The van der Waals surface area contributed by atoms with Gasteiger partial charge in [-0.2, -0.15) is 9.97 Å².